The summed E-state index contributed by atoms with van der Waals surface area (Å²) >= 11 is 3.45. The lowest BCUT2D eigenvalue weighted by atomic mass is 9.99. The van der Waals surface area contributed by atoms with Crippen LogP contribution < -0.4 is 0 Å². The summed E-state index contributed by atoms with van der Waals surface area (Å²) in [7, 11) is 0. The van der Waals surface area contributed by atoms with Crippen LogP contribution in [0, 0.1) is 13.3 Å². The Labute approximate surface area is 137 Å². The Bertz CT molecular complexity index is 446. The van der Waals surface area contributed by atoms with Crippen LogP contribution in [0.5, 0.6) is 0 Å². The van der Waals surface area contributed by atoms with Crippen molar-refractivity contribution in [3.8, 4) is 0 Å². The zero-order valence-corrected chi connectivity index (χ0v) is 14.8. The number of hydrogen-bond acceptors (Lipinski definition) is 5. The molecule has 0 N–H and O–H groups in total. The highest BCUT2D eigenvalue weighted by Gasteiger charge is 2.26. The van der Waals surface area contributed by atoms with E-state index in [0.717, 1.165) is 12.6 Å². The number of rotatable bonds is 4. The molecule has 5 heteroatoms. The average Bonchev–Trinajstić information content (AvgIpc) is 2.89. The Morgan fingerprint density at radius 3 is 2.62 bits per heavy atom. The Hall–Kier alpha value is -0.100. The summed E-state index contributed by atoms with van der Waals surface area (Å²) < 4.78 is 4.55. The minimum absolute atomic E-state index is 0.830. The fourth-order valence-corrected chi connectivity index (χ4v) is 5.05. The van der Waals surface area contributed by atoms with Crippen LogP contribution in [-0.4, -0.2) is 52.6 Å². The van der Waals surface area contributed by atoms with Gasteiger partial charge in [-0.3, -0.25) is 4.90 Å². The molecule has 3 rings (SSSR count). The van der Waals surface area contributed by atoms with Crippen molar-refractivity contribution < 1.29 is 0 Å². The van der Waals surface area contributed by atoms with Gasteiger partial charge in [-0.2, -0.15) is 4.37 Å². The molecule has 1 aromatic heterocycles. The van der Waals surface area contributed by atoms with Gasteiger partial charge < -0.3 is 4.90 Å². The SMILES string of the molecule is CSc1nsc(C)c1CN1CCC(N2CC[CH]CC2)CC1. The number of piperidine rings is 2. The van der Waals surface area contributed by atoms with Crippen LogP contribution in [0.15, 0.2) is 5.03 Å². The Balaban J connectivity index is 1.52. The molecule has 21 heavy (non-hydrogen) atoms. The van der Waals surface area contributed by atoms with Gasteiger partial charge in [0.2, 0.25) is 0 Å². The number of aryl methyl sites for hydroxylation is 1. The normalized spacial score (nSPS) is 22.8. The van der Waals surface area contributed by atoms with Gasteiger partial charge in [0.15, 0.2) is 0 Å². The van der Waals surface area contributed by atoms with E-state index in [-0.39, 0.29) is 0 Å². The highest BCUT2D eigenvalue weighted by molar-refractivity contribution is 7.98. The number of nitrogens with zero attached hydrogens (tertiary/aromatic N) is 3. The largest absolute Gasteiger partial charge is 0.300 e. The first kappa shape index (κ1) is 15.8. The lowest BCUT2D eigenvalue weighted by Crippen LogP contribution is -2.46. The van der Waals surface area contributed by atoms with Crippen LogP contribution in [-0.2, 0) is 6.54 Å². The van der Waals surface area contributed by atoms with E-state index in [0.29, 0.717) is 0 Å². The van der Waals surface area contributed by atoms with Crippen LogP contribution in [0.25, 0.3) is 0 Å². The minimum atomic E-state index is 0.830. The first-order valence-electron chi connectivity index (χ1n) is 8.05. The second kappa shape index (κ2) is 7.44. The van der Waals surface area contributed by atoms with Gasteiger partial charge in [0.1, 0.15) is 5.03 Å². The number of hydrogen-bond donors (Lipinski definition) is 0. The molecule has 0 aromatic carbocycles. The molecule has 3 nitrogen and oxygen atoms in total. The van der Waals surface area contributed by atoms with Gasteiger partial charge >= 0.3 is 0 Å². The fourth-order valence-electron chi connectivity index (χ4n) is 3.51. The maximum Gasteiger partial charge on any atom is 0.114 e. The van der Waals surface area contributed by atoms with E-state index in [2.05, 4.69) is 33.8 Å². The molecule has 2 aliphatic heterocycles. The van der Waals surface area contributed by atoms with E-state index in [1.165, 1.54) is 67.3 Å². The first-order valence-corrected chi connectivity index (χ1v) is 10.0. The molecule has 2 aliphatic rings. The molecule has 0 spiro atoms. The molecule has 0 amide bonds. The predicted molar refractivity (Wildman–Crippen MR) is 92.0 cm³/mol. The standard InChI is InChI=1S/C16H26N3S2/c1-13-15(16(20-2)17-21-13)12-18-10-6-14(7-11-18)19-8-4-3-5-9-19/h3,14H,4-12H2,1-2H3. The summed E-state index contributed by atoms with van der Waals surface area (Å²) in [4.78, 5) is 6.75. The first-order chi connectivity index (χ1) is 10.3. The summed E-state index contributed by atoms with van der Waals surface area (Å²) in [5.74, 6) is 0. The third-order valence-electron chi connectivity index (χ3n) is 4.84. The van der Waals surface area contributed by atoms with Crippen molar-refractivity contribution in [3.63, 3.8) is 0 Å². The number of aromatic nitrogens is 1. The third kappa shape index (κ3) is 3.81. The van der Waals surface area contributed by atoms with Gasteiger partial charge in [0, 0.05) is 23.0 Å². The molecule has 2 fully saturated rings. The van der Waals surface area contributed by atoms with Gasteiger partial charge in [-0.1, -0.05) is 0 Å². The second-order valence-corrected chi connectivity index (χ2v) is 7.91. The molecule has 0 atom stereocenters. The van der Waals surface area contributed by atoms with Gasteiger partial charge in [-0.25, -0.2) is 0 Å². The minimum Gasteiger partial charge on any atom is -0.300 e. The quantitative estimate of drug-likeness (QED) is 0.790. The van der Waals surface area contributed by atoms with Gasteiger partial charge in [0.25, 0.3) is 0 Å². The lowest BCUT2D eigenvalue weighted by Gasteiger charge is -2.40. The lowest BCUT2D eigenvalue weighted by molar-refractivity contribution is 0.0972. The second-order valence-electron chi connectivity index (χ2n) is 6.14. The van der Waals surface area contributed by atoms with Gasteiger partial charge in [-0.05, 0) is 83.0 Å². The predicted octanol–water partition coefficient (Wildman–Crippen LogP) is 3.44. The zero-order valence-electron chi connectivity index (χ0n) is 13.2. The molecule has 0 bridgehead atoms. The Morgan fingerprint density at radius 1 is 1.24 bits per heavy atom. The van der Waals surface area contributed by atoms with Crippen LogP contribution in [0.1, 0.15) is 36.1 Å². The Morgan fingerprint density at radius 2 is 1.95 bits per heavy atom. The third-order valence-corrected chi connectivity index (χ3v) is 6.47. The average molecular weight is 325 g/mol. The van der Waals surface area contributed by atoms with E-state index in [1.54, 1.807) is 23.3 Å². The Kier molecular flexibility index (Phi) is 5.60. The molecule has 117 valence electrons. The summed E-state index contributed by atoms with van der Waals surface area (Å²) in [6, 6.07) is 0.830. The maximum atomic E-state index is 4.55. The van der Waals surface area contributed by atoms with Crippen molar-refractivity contribution in [2.75, 3.05) is 32.4 Å². The topological polar surface area (TPSA) is 19.4 Å². The number of likely N-dealkylation sites (tertiary alicyclic amines) is 2. The van der Waals surface area contributed by atoms with Crippen molar-refractivity contribution in [1.82, 2.24) is 14.2 Å². The summed E-state index contributed by atoms with van der Waals surface area (Å²) in [5, 5.41) is 1.24. The van der Waals surface area contributed by atoms with Crippen molar-refractivity contribution in [2.24, 2.45) is 0 Å². The zero-order chi connectivity index (χ0) is 14.7. The van der Waals surface area contributed by atoms with Gasteiger partial charge in [0.05, 0.1) is 0 Å². The smallest absolute Gasteiger partial charge is 0.114 e. The van der Waals surface area contributed by atoms with Crippen molar-refractivity contribution in [3.05, 3.63) is 16.9 Å². The number of thioether (sulfide) groups is 1. The molecular weight excluding hydrogens is 298 g/mol. The van der Waals surface area contributed by atoms with Crippen molar-refractivity contribution in [2.45, 2.75) is 50.2 Å². The monoisotopic (exact) mass is 324 g/mol. The van der Waals surface area contributed by atoms with E-state index in [9.17, 15) is 0 Å². The van der Waals surface area contributed by atoms with Gasteiger partial charge in [-0.15, -0.1) is 11.8 Å². The van der Waals surface area contributed by atoms with Crippen molar-refractivity contribution in [1.29, 1.82) is 0 Å². The fraction of sp³-hybridized carbons (Fsp3) is 0.750. The van der Waals surface area contributed by atoms with Crippen molar-refractivity contribution >= 4 is 23.3 Å². The summed E-state index contributed by atoms with van der Waals surface area (Å²) in [6.07, 6.45) is 9.84. The molecule has 0 saturated carbocycles. The molecule has 1 aromatic rings. The molecule has 2 saturated heterocycles. The maximum absolute atomic E-state index is 4.55. The van der Waals surface area contributed by atoms with E-state index in [4.69, 9.17) is 0 Å². The summed E-state index contributed by atoms with van der Waals surface area (Å²) in [6.45, 7) is 8.37. The molecular formula is C16H26N3S2. The van der Waals surface area contributed by atoms with E-state index >= 15 is 0 Å². The highest BCUT2D eigenvalue weighted by atomic mass is 32.2. The molecule has 1 radical (unpaired) electrons. The molecule has 0 aliphatic carbocycles. The van der Waals surface area contributed by atoms with E-state index < -0.39 is 0 Å². The van der Waals surface area contributed by atoms with Crippen LogP contribution in [0.3, 0.4) is 0 Å². The summed E-state index contributed by atoms with van der Waals surface area (Å²) in [5.41, 5.74) is 1.47. The highest BCUT2D eigenvalue weighted by Crippen LogP contribution is 2.28. The molecule has 0 unspecified atom stereocenters. The van der Waals surface area contributed by atoms with Crippen LogP contribution in [0.4, 0.5) is 0 Å². The van der Waals surface area contributed by atoms with E-state index in [1.807, 2.05) is 0 Å². The molecule has 3 heterocycles. The van der Waals surface area contributed by atoms with Crippen LogP contribution in [0.2, 0.25) is 0 Å². The van der Waals surface area contributed by atoms with Crippen LogP contribution >= 0.6 is 23.3 Å².